The number of halogens is 3. The van der Waals surface area contributed by atoms with Gasteiger partial charge >= 0.3 is 0 Å². The smallest absolute Gasteiger partial charge is 0.105 e. The molecule has 2 aliphatic carbocycles. The fourth-order valence-electron chi connectivity index (χ4n) is 3.58. The van der Waals surface area contributed by atoms with Crippen molar-refractivity contribution in [3.05, 3.63) is 24.3 Å². The molecule has 2 nitrogen and oxygen atoms in total. The van der Waals surface area contributed by atoms with Crippen molar-refractivity contribution in [3.63, 3.8) is 0 Å². The molecule has 1 fully saturated rings. The molecule has 0 bridgehead atoms. The second-order valence-corrected chi connectivity index (χ2v) is 10.6. The lowest BCUT2D eigenvalue weighted by Crippen LogP contribution is -2.55. The van der Waals surface area contributed by atoms with E-state index in [2.05, 4.69) is 74.3 Å². The minimum atomic E-state index is -0.876. The number of aliphatic hydroxyl groups excluding tert-OH is 1. The van der Waals surface area contributed by atoms with Crippen molar-refractivity contribution in [1.82, 2.24) is 0 Å². The number of hydrogen-bond acceptors (Lipinski definition) is 2. The topological polar surface area (TPSA) is 40.5 Å². The van der Waals surface area contributed by atoms with Gasteiger partial charge < -0.3 is 10.2 Å². The molecule has 0 aliphatic heterocycles. The number of alkyl halides is 3. The molecule has 2 aliphatic rings. The van der Waals surface area contributed by atoms with Crippen molar-refractivity contribution in [3.8, 4) is 0 Å². The van der Waals surface area contributed by atoms with Gasteiger partial charge in [-0.25, -0.2) is 0 Å². The fourth-order valence-corrected chi connectivity index (χ4v) is 4.94. The second kappa shape index (κ2) is 5.48. The van der Waals surface area contributed by atoms with Gasteiger partial charge in [0.2, 0.25) is 0 Å². The van der Waals surface area contributed by atoms with Crippen LogP contribution >= 0.6 is 47.8 Å². The molecule has 0 saturated heterocycles. The quantitative estimate of drug-likeness (QED) is 0.441. The minimum absolute atomic E-state index is 0.0140. The Morgan fingerprint density at radius 2 is 1.90 bits per heavy atom. The maximum atomic E-state index is 10.6. The molecule has 4 atom stereocenters. The first kappa shape index (κ1) is 17.2. The molecule has 0 heterocycles. The Kier molecular flexibility index (Phi) is 4.71. The molecule has 0 aromatic rings. The summed E-state index contributed by atoms with van der Waals surface area (Å²) in [5, 5.41) is 20.8. The molecule has 2 unspecified atom stereocenters. The van der Waals surface area contributed by atoms with Gasteiger partial charge in [0.25, 0.3) is 0 Å². The summed E-state index contributed by atoms with van der Waals surface area (Å²) in [6, 6.07) is 0. The first-order valence-corrected chi connectivity index (χ1v) is 9.53. The van der Waals surface area contributed by atoms with Gasteiger partial charge in [0, 0.05) is 10.2 Å². The van der Waals surface area contributed by atoms with Crippen LogP contribution in [0, 0.1) is 10.8 Å². The molecule has 0 radical (unpaired) electrons. The zero-order valence-corrected chi connectivity index (χ0v) is 16.5. The van der Waals surface area contributed by atoms with Crippen molar-refractivity contribution >= 4 is 47.8 Å². The molecular formula is C15H21Br3O2. The van der Waals surface area contributed by atoms with E-state index < -0.39 is 11.7 Å². The van der Waals surface area contributed by atoms with Gasteiger partial charge in [-0.1, -0.05) is 85.9 Å². The van der Waals surface area contributed by atoms with E-state index in [-0.39, 0.29) is 19.4 Å². The summed E-state index contributed by atoms with van der Waals surface area (Å²) in [4.78, 5) is 0.0140. The van der Waals surface area contributed by atoms with E-state index in [1.165, 1.54) is 0 Å². The highest BCUT2D eigenvalue weighted by Gasteiger charge is 2.56. The van der Waals surface area contributed by atoms with Crippen LogP contribution in [0.5, 0.6) is 0 Å². The molecule has 0 aromatic heterocycles. The van der Waals surface area contributed by atoms with Crippen molar-refractivity contribution < 1.29 is 10.2 Å². The van der Waals surface area contributed by atoms with E-state index in [9.17, 15) is 10.2 Å². The van der Waals surface area contributed by atoms with Crippen molar-refractivity contribution in [2.75, 3.05) is 0 Å². The Balaban J connectivity index is 2.43. The number of aliphatic hydroxyl groups is 2. The zero-order valence-electron chi connectivity index (χ0n) is 11.7. The lowest BCUT2D eigenvalue weighted by Gasteiger charge is -2.57. The van der Waals surface area contributed by atoms with E-state index in [0.29, 0.717) is 12.8 Å². The highest BCUT2D eigenvalue weighted by atomic mass is 79.9. The fraction of sp³-hybridized carbons (Fsp3) is 0.733. The number of allylic oxidation sites excluding steroid dienone is 1. The minimum Gasteiger partial charge on any atom is -0.392 e. The van der Waals surface area contributed by atoms with E-state index in [1.807, 2.05) is 6.08 Å². The summed E-state index contributed by atoms with van der Waals surface area (Å²) in [5.41, 5.74) is -0.154. The van der Waals surface area contributed by atoms with Crippen LogP contribution in [0.25, 0.3) is 0 Å². The highest BCUT2D eigenvalue weighted by Crippen LogP contribution is 2.60. The Bertz CT molecular complexity index is 446. The van der Waals surface area contributed by atoms with Gasteiger partial charge in [0.15, 0.2) is 0 Å². The second-order valence-electron chi connectivity index (χ2n) is 6.60. The third-order valence-corrected chi connectivity index (χ3v) is 8.56. The molecule has 20 heavy (non-hydrogen) atoms. The predicted molar refractivity (Wildman–Crippen MR) is 93.7 cm³/mol. The largest absolute Gasteiger partial charge is 0.392 e. The highest BCUT2D eigenvalue weighted by molar-refractivity contribution is 9.24. The number of rotatable bonds is 1. The molecule has 1 saturated carbocycles. The summed E-state index contributed by atoms with van der Waals surface area (Å²) in [6.07, 6.45) is 5.67. The van der Waals surface area contributed by atoms with Gasteiger partial charge in [0.05, 0.1) is 6.10 Å². The van der Waals surface area contributed by atoms with Crippen molar-refractivity contribution in [2.45, 2.75) is 53.4 Å². The summed E-state index contributed by atoms with van der Waals surface area (Å²) in [7, 11) is 0. The molecule has 1 spiro atoms. The number of hydrogen-bond donors (Lipinski definition) is 2. The summed E-state index contributed by atoms with van der Waals surface area (Å²) < 4.78 is -0.165. The van der Waals surface area contributed by atoms with Crippen LogP contribution < -0.4 is 0 Å². The molecule has 5 heteroatoms. The zero-order chi connectivity index (χ0) is 15.3. The van der Waals surface area contributed by atoms with Gasteiger partial charge in [-0.3, -0.25) is 0 Å². The Labute approximate surface area is 146 Å². The van der Waals surface area contributed by atoms with Crippen LogP contribution in [-0.4, -0.2) is 30.5 Å². The summed E-state index contributed by atoms with van der Waals surface area (Å²) in [6.45, 7) is 8.55. The van der Waals surface area contributed by atoms with Gasteiger partial charge in [-0.15, -0.1) is 0 Å². The summed E-state index contributed by atoms with van der Waals surface area (Å²) >= 11 is 10.5. The normalized spacial score (nSPS) is 44.3. The molecule has 0 amide bonds. The lowest BCUT2D eigenvalue weighted by molar-refractivity contribution is 0.00235. The van der Waals surface area contributed by atoms with Crippen LogP contribution in [0.2, 0.25) is 0 Å². The van der Waals surface area contributed by atoms with E-state index in [1.54, 1.807) is 0 Å². The maximum absolute atomic E-state index is 10.6. The average molecular weight is 473 g/mol. The third-order valence-electron chi connectivity index (χ3n) is 5.22. The standard InChI is InChI=1S/C15H21Br3O2/c1-9-8-10(19)11(16)13(2,3)14(9)4-6-15(20,7-5-14)12(17)18/h4,6,10-12,19-20H,1,5,7-8H2,2-3H3/t10-,11-,14?,15?/m1/s1. The molecule has 114 valence electrons. The average Bonchev–Trinajstić information content (AvgIpc) is 2.36. The van der Waals surface area contributed by atoms with Gasteiger partial charge in [-0.05, 0) is 24.7 Å². The first-order valence-electron chi connectivity index (χ1n) is 6.78. The SMILES string of the molecule is C=C1C[C@@H](O)[C@@H](Br)C(C)(C)C12C=CC(O)(C(Br)Br)CC2. The first-order chi connectivity index (χ1) is 9.07. The van der Waals surface area contributed by atoms with E-state index in [4.69, 9.17) is 0 Å². The lowest BCUT2D eigenvalue weighted by atomic mass is 9.51. The van der Waals surface area contributed by atoms with Crippen LogP contribution in [-0.2, 0) is 0 Å². The Morgan fingerprint density at radius 1 is 1.30 bits per heavy atom. The van der Waals surface area contributed by atoms with E-state index in [0.717, 1.165) is 12.0 Å². The molecule has 2 N–H and O–H groups in total. The molecule has 2 rings (SSSR count). The van der Waals surface area contributed by atoms with Crippen LogP contribution in [0.1, 0.15) is 33.1 Å². The Hall–Kier alpha value is 0.840. The Morgan fingerprint density at radius 3 is 2.35 bits per heavy atom. The molecular weight excluding hydrogens is 452 g/mol. The monoisotopic (exact) mass is 470 g/mol. The van der Waals surface area contributed by atoms with Crippen LogP contribution in [0.3, 0.4) is 0 Å². The van der Waals surface area contributed by atoms with Gasteiger partial charge in [0.1, 0.15) is 9.34 Å². The maximum Gasteiger partial charge on any atom is 0.105 e. The van der Waals surface area contributed by atoms with Gasteiger partial charge in [-0.2, -0.15) is 0 Å². The summed E-state index contributed by atoms with van der Waals surface area (Å²) in [5.74, 6) is 0. The molecule has 0 aromatic carbocycles. The van der Waals surface area contributed by atoms with Crippen molar-refractivity contribution in [1.29, 1.82) is 0 Å². The third kappa shape index (κ3) is 2.41. The van der Waals surface area contributed by atoms with Crippen LogP contribution in [0.4, 0.5) is 0 Å². The van der Waals surface area contributed by atoms with E-state index >= 15 is 0 Å². The van der Waals surface area contributed by atoms with Crippen LogP contribution in [0.15, 0.2) is 24.3 Å². The van der Waals surface area contributed by atoms with Crippen molar-refractivity contribution in [2.24, 2.45) is 10.8 Å². The predicted octanol–water partition coefficient (Wildman–Crippen LogP) is 4.28.